The molecule has 0 unspecified atom stereocenters. The Balaban J connectivity index is 1.76. The lowest BCUT2D eigenvalue weighted by atomic mass is 10.0. The molecule has 27 heavy (non-hydrogen) atoms. The molecule has 0 spiro atoms. The molecule has 1 amide bonds. The fourth-order valence-corrected chi connectivity index (χ4v) is 3.74. The number of nitrogens with one attached hydrogen (secondary N) is 1. The Kier molecular flexibility index (Phi) is 4.52. The van der Waals surface area contributed by atoms with Gasteiger partial charge in [0.25, 0.3) is 5.91 Å². The number of nitrogens with zero attached hydrogens (tertiary/aromatic N) is 6. The van der Waals surface area contributed by atoms with E-state index in [1.807, 2.05) is 10.7 Å². The average Bonchev–Trinajstić information content (AvgIpc) is 2.92. The first kappa shape index (κ1) is 17.5. The molecule has 2 aromatic heterocycles. The van der Waals surface area contributed by atoms with Crippen molar-refractivity contribution in [2.45, 2.75) is 46.2 Å². The normalized spacial score (nSPS) is 16.4. The van der Waals surface area contributed by atoms with E-state index in [9.17, 15) is 4.79 Å². The van der Waals surface area contributed by atoms with Gasteiger partial charge in [-0.3, -0.25) is 9.48 Å². The van der Waals surface area contributed by atoms with Crippen LogP contribution in [0.4, 0.5) is 5.82 Å². The van der Waals surface area contributed by atoms with E-state index in [0.29, 0.717) is 36.2 Å². The van der Waals surface area contributed by atoms with E-state index in [-0.39, 0.29) is 5.91 Å². The quantitative estimate of drug-likeness (QED) is 0.883. The minimum atomic E-state index is -0.114. The Hall–Kier alpha value is -2.95. The molecular weight excluding hydrogens is 342 g/mol. The smallest absolute Gasteiger partial charge is 0.270 e. The highest BCUT2D eigenvalue weighted by molar-refractivity contribution is 5.96. The van der Waals surface area contributed by atoms with Crippen LogP contribution in [0, 0.1) is 17.2 Å². The summed E-state index contributed by atoms with van der Waals surface area (Å²) in [6, 6.07) is 3.96. The van der Waals surface area contributed by atoms with E-state index in [1.54, 1.807) is 0 Å². The maximum Gasteiger partial charge on any atom is 0.270 e. The van der Waals surface area contributed by atoms with Gasteiger partial charge in [0.15, 0.2) is 5.69 Å². The summed E-state index contributed by atoms with van der Waals surface area (Å²) in [5, 5.41) is 16.4. The van der Waals surface area contributed by atoms with Crippen molar-refractivity contribution in [2.75, 3.05) is 18.0 Å². The van der Waals surface area contributed by atoms with Gasteiger partial charge < -0.3 is 10.2 Å². The number of amides is 1. The molecule has 140 valence electrons. The number of hydrogen-bond donors (Lipinski definition) is 1. The van der Waals surface area contributed by atoms with Gasteiger partial charge in [0.1, 0.15) is 23.4 Å². The lowest BCUT2D eigenvalue weighted by molar-refractivity contribution is 0.0940. The highest BCUT2D eigenvalue weighted by Gasteiger charge is 2.28. The van der Waals surface area contributed by atoms with Gasteiger partial charge in [0.2, 0.25) is 0 Å². The van der Waals surface area contributed by atoms with Crippen LogP contribution >= 0.6 is 0 Å². The lowest BCUT2D eigenvalue weighted by Crippen LogP contribution is -2.36. The molecular formula is C19H23N7O. The number of aryl methyl sites for hydroxylation is 1. The van der Waals surface area contributed by atoms with Crippen molar-refractivity contribution in [3.05, 3.63) is 34.5 Å². The standard InChI is InChI=1S/C19H23N7O/c1-12(2)8-16-22-17-15(4-5-21-19(17)27)18(23-16)25-6-3-7-26-14(11-25)9-13(10-20)24-26/h9,12H,3-8,11H2,1-2H3,(H,21,27). The average molecular weight is 365 g/mol. The molecule has 4 heterocycles. The second kappa shape index (κ2) is 6.99. The summed E-state index contributed by atoms with van der Waals surface area (Å²) >= 11 is 0. The van der Waals surface area contributed by atoms with E-state index >= 15 is 0 Å². The number of hydrogen-bond acceptors (Lipinski definition) is 6. The zero-order valence-electron chi connectivity index (χ0n) is 15.7. The first-order chi connectivity index (χ1) is 13.0. The van der Waals surface area contributed by atoms with E-state index in [1.165, 1.54) is 0 Å². The largest absolute Gasteiger partial charge is 0.350 e. The van der Waals surface area contributed by atoms with Gasteiger partial charge in [-0.15, -0.1) is 0 Å². The molecule has 2 aromatic rings. The van der Waals surface area contributed by atoms with Gasteiger partial charge in [-0.1, -0.05) is 13.8 Å². The number of carbonyl (C=O) groups is 1. The maximum atomic E-state index is 12.4. The molecule has 8 heteroatoms. The van der Waals surface area contributed by atoms with E-state index in [2.05, 4.69) is 40.2 Å². The first-order valence-corrected chi connectivity index (χ1v) is 9.45. The number of aromatic nitrogens is 4. The molecule has 0 aliphatic carbocycles. The Bertz CT molecular complexity index is 925. The zero-order chi connectivity index (χ0) is 19.0. The summed E-state index contributed by atoms with van der Waals surface area (Å²) in [7, 11) is 0. The van der Waals surface area contributed by atoms with Crippen LogP contribution in [0.1, 0.15) is 53.5 Å². The molecule has 1 N–H and O–H groups in total. The molecule has 0 saturated carbocycles. The Morgan fingerprint density at radius 1 is 1.33 bits per heavy atom. The second-order valence-electron chi connectivity index (χ2n) is 7.53. The molecule has 0 fully saturated rings. The number of anilines is 1. The van der Waals surface area contributed by atoms with Crippen molar-refractivity contribution < 1.29 is 4.79 Å². The SMILES string of the molecule is CC(C)Cc1nc2c(c(N3CCCn4nc(C#N)cc4C3)n1)CCNC2=O. The molecule has 0 bridgehead atoms. The second-order valence-corrected chi connectivity index (χ2v) is 7.53. The Morgan fingerprint density at radius 2 is 2.19 bits per heavy atom. The summed E-state index contributed by atoms with van der Waals surface area (Å²) < 4.78 is 1.91. The van der Waals surface area contributed by atoms with E-state index in [4.69, 9.17) is 10.2 Å². The van der Waals surface area contributed by atoms with Crippen molar-refractivity contribution in [2.24, 2.45) is 5.92 Å². The van der Waals surface area contributed by atoms with Crippen LogP contribution in [0.15, 0.2) is 6.07 Å². The number of carbonyl (C=O) groups excluding carboxylic acids is 1. The molecule has 4 rings (SSSR count). The van der Waals surface area contributed by atoms with Gasteiger partial charge in [-0.2, -0.15) is 10.4 Å². The molecule has 2 aliphatic rings. The topological polar surface area (TPSA) is 99.7 Å². The predicted molar refractivity (Wildman–Crippen MR) is 99.2 cm³/mol. The minimum Gasteiger partial charge on any atom is -0.350 e. The van der Waals surface area contributed by atoms with E-state index < -0.39 is 0 Å². The van der Waals surface area contributed by atoms with Crippen LogP contribution in [0.25, 0.3) is 0 Å². The highest BCUT2D eigenvalue weighted by atomic mass is 16.1. The number of rotatable bonds is 3. The molecule has 8 nitrogen and oxygen atoms in total. The number of nitriles is 1. The van der Waals surface area contributed by atoms with Gasteiger partial charge >= 0.3 is 0 Å². The molecule has 2 aliphatic heterocycles. The Morgan fingerprint density at radius 3 is 2.96 bits per heavy atom. The fourth-order valence-electron chi connectivity index (χ4n) is 3.74. The highest BCUT2D eigenvalue weighted by Crippen LogP contribution is 2.27. The van der Waals surface area contributed by atoms with Crippen LogP contribution in [-0.4, -0.2) is 38.7 Å². The summed E-state index contributed by atoms with van der Waals surface area (Å²) in [5.74, 6) is 1.87. The molecule has 0 saturated heterocycles. The van der Waals surface area contributed by atoms with Gasteiger partial charge in [-0.25, -0.2) is 9.97 Å². The Labute approximate surface area is 158 Å². The van der Waals surface area contributed by atoms with Crippen molar-refractivity contribution in [1.29, 1.82) is 5.26 Å². The third-order valence-corrected chi connectivity index (χ3v) is 4.93. The summed E-state index contributed by atoms with van der Waals surface area (Å²) in [6.07, 6.45) is 2.37. The van der Waals surface area contributed by atoms with Crippen molar-refractivity contribution in [1.82, 2.24) is 25.1 Å². The third kappa shape index (κ3) is 3.37. The van der Waals surface area contributed by atoms with Crippen molar-refractivity contribution in [3.63, 3.8) is 0 Å². The van der Waals surface area contributed by atoms with Gasteiger partial charge in [-0.05, 0) is 24.8 Å². The minimum absolute atomic E-state index is 0.114. The van der Waals surface area contributed by atoms with Crippen molar-refractivity contribution in [3.8, 4) is 6.07 Å². The van der Waals surface area contributed by atoms with E-state index in [0.717, 1.165) is 49.4 Å². The van der Waals surface area contributed by atoms with Crippen LogP contribution in [0.2, 0.25) is 0 Å². The molecule has 0 radical (unpaired) electrons. The monoisotopic (exact) mass is 365 g/mol. The predicted octanol–water partition coefficient (Wildman–Crippen LogP) is 1.44. The summed E-state index contributed by atoms with van der Waals surface area (Å²) in [4.78, 5) is 24.0. The fraction of sp³-hybridized carbons (Fsp3) is 0.526. The summed E-state index contributed by atoms with van der Waals surface area (Å²) in [6.45, 7) is 7.08. The molecule has 0 aromatic carbocycles. The zero-order valence-corrected chi connectivity index (χ0v) is 15.7. The van der Waals surface area contributed by atoms with Crippen LogP contribution in [-0.2, 0) is 25.9 Å². The lowest BCUT2D eigenvalue weighted by Gasteiger charge is -2.27. The molecule has 0 atom stereocenters. The van der Waals surface area contributed by atoms with Gasteiger partial charge in [0.05, 0.1) is 12.2 Å². The van der Waals surface area contributed by atoms with Crippen molar-refractivity contribution >= 4 is 11.7 Å². The third-order valence-electron chi connectivity index (χ3n) is 4.93. The van der Waals surface area contributed by atoms with Crippen LogP contribution in [0.3, 0.4) is 0 Å². The van der Waals surface area contributed by atoms with Crippen LogP contribution < -0.4 is 10.2 Å². The van der Waals surface area contributed by atoms with Crippen LogP contribution in [0.5, 0.6) is 0 Å². The number of fused-ring (bicyclic) bond motifs is 2. The first-order valence-electron chi connectivity index (χ1n) is 9.45. The van der Waals surface area contributed by atoms with Gasteiger partial charge in [0, 0.05) is 31.6 Å². The summed E-state index contributed by atoms with van der Waals surface area (Å²) in [5.41, 5.74) is 2.88. The maximum absolute atomic E-state index is 12.4.